The lowest BCUT2D eigenvalue weighted by atomic mass is 9.55. The van der Waals surface area contributed by atoms with Crippen LogP contribution in [0.15, 0.2) is 36.4 Å². The number of hydrogen-bond donors (Lipinski definition) is 0. The molecule has 0 heterocycles. The van der Waals surface area contributed by atoms with E-state index in [0.717, 1.165) is 11.5 Å². The minimum absolute atomic E-state index is 0.463. The summed E-state index contributed by atoms with van der Waals surface area (Å²) in [6, 6.07) is 4.06. The van der Waals surface area contributed by atoms with Crippen LogP contribution < -0.4 is 9.47 Å². The summed E-state index contributed by atoms with van der Waals surface area (Å²) in [6.07, 6.45) is 9.38. The van der Waals surface area contributed by atoms with Gasteiger partial charge < -0.3 is 9.47 Å². The molecule has 18 heavy (non-hydrogen) atoms. The predicted octanol–water partition coefficient (Wildman–Crippen LogP) is 3.26. The van der Waals surface area contributed by atoms with Gasteiger partial charge in [0.2, 0.25) is 0 Å². The van der Waals surface area contributed by atoms with Crippen molar-refractivity contribution < 1.29 is 9.47 Å². The van der Waals surface area contributed by atoms with Crippen LogP contribution in [0, 0.1) is 11.8 Å². The van der Waals surface area contributed by atoms with Crippen molar-refractivity contribution in [3.63, 3.8) is 0 Å². The van der Waals surface area contributed by atoms with E-state index in [2.05, 4.69) is 24.3 Å². The first kappa shape index (κ1) is 10.2. The molecule has 0 fully saturated rings. The molecule has 92 valence electrons. The van der Waals surface area contributed by atoms with Gasteiger partial charge in [-0.05, 0) is 24.0 Å². The van der Waals surface area contributed by atoms with Crippen LogP contribution in [0.1, 0.15) is 23.0 Å². The van der Waals surface area contributed by atoms with Crippen molar-refractivity contribution in [2.45, 2.75) is 11.8 Å². The van der Waals surface area contributed by atoms with Crippen molar-refractivity contribution in [3.05, 3.63) is 47.6 Å². The maximum atomic E-state index is 5.56. The van der Waals surface area contributed by atoms with Crippen LogP contribution >= 0.6 is 0 Å². The van der Waals surface area contributed by atoms with Gasteiger partial charge in [0.1, 0.15) is 11.5 Å². The average Bonchev–Trinajstić information content (AvgIpc) is 2.37. The van der Waals surface area contributed by atoms with Crippen molar-refractivity contribution in [3.8, 4) is 11.5 Å². The molecular weight excluding hydrogens is 224 g/mol. The molecule has 0 radical (unpaired) electrons. The van der Waals surface area contributed by atoms with E-state index in [9.17, 15) is 0 Å². The highest BCUT2D eigenvalue weighted by Gasteiger charge is 2.47. The normalized spacial score (nSPS) is 33.7. The summed E-state index contributed by atoms with van der Waals surface area (Å²) in [5.41, 5.74) is 2.69. The maximum absolute atomic E-state index is 5.56. The molecule has 0 saturated heterocycles. The van der Waals surface area contributed by atoms with Gasteiger partial charge in [0.15, 0.2) is 0 Å². The zero-order valence-corrected chi connectivity index (χ0v) is 10.6. The average molecular weight is 240 g/mol. The van der Waals surface area contributed by atoms with E-state index in [1.54, 1.807) is 14.2 Å². The first-order valence-corrected chi connectivity index (χ1v) is 6.46. The summed E-state index contributed by atoms with van der Waals surface area (Å²) in [4.78, 5) is 0. The highest BCUT2D eigenvalue weighted by molar-refractivity contribution is 5.61. The zero-order valence-electron chi connectivity index (χ0n) is 10.6. The van der Waals surface area contributed by atoms with Gasteiger partial charge in [0.25, 0.3) is 0 Å². The van der Waals surface area contributed by atoms with Gasteiger partial charge in [-0.1, -0.05) is 24.3 Å². The molecule has 0 aromatic heterocycles. The molecule has 5 rings (SSSR count). The Hall–Kier alpha value is -1.70. The topological polar surface area (TPSA) is 18.5 Å². The summed E-state index contributed by atoms with van der Waals surface area (Å²) in [6.45, 7) is 0. The van der Waals surface area contributed by atoms with Crippen molar-refractivity contribution in [2.75, 3.05) is 14.2 Å². The van der Waals surface area contributed by atoms with E-state index in [1.807, 2.05) is 12.1 Å². The van der Waals surface area contributed by atoms with Gasteiger partial charge in [0.05, 0.1) is 14.2 Å². The lowest BCUT2D eigenvalue weighted by molar-refractivity contribution is 0.294. The Morgan fingerprint density at radius 3 is 1.50 bits per heavy atom. The van der Waals surface area contributed by atoms with E-state index < -0.39 is 0 Å². The van der Waals surface area contributed by atoms with Gasteiger partial charge >= 0.3 is 0 Å². The number of methoxy groups -OCH3 is 2. The Bertz CT molecular complexity index is 522. The third kappa shape index (κ3) is 1.04. The minimum atomic E-state index is 0.463. The monoisotopic (exact) mass is 240 g/mol. The van der Waals surface area contributed by atoms with Crippen molar-refractivity contribution in [1.29, 1.82) is 0 Å². The van der Waals surface area contributed by atoms with Crippen molar-refractivity contribution >= 4 is 0 Å². The summed E-state index contributed by atoms with van der Waals surface area (Å²) >= 11 is 0. The lowest BCUT2D eigenvalue weighted by Gasteiger charge is -2.49. The molecule has 0 saturated carbocycles. The van der Waals surface area contributed by atoms with Crippen LogP contribution in [0.5, 0.6) is 11.5 Å². The molecule has 2 nitrogen and oxygen atoms in total. The van der Waals surface area contributed by atoms with E-state index in [0.29, 0.717) is 23.7 Å². The van der Waals surface area contributed by atoms with Crippen LogP contribution in [-0.4, -0.2) is 14.2 Å². The van der Waals surface area contributed by atoms with Crippen LogP contribution in [0.25, 0.3) is 0 Å². The highest BCUT2D eigenvalue weighted by Crippen LogP contribution is 2.60. The number of ether oxygens (including phenoxy) is 2. The largest absolute Gasteiger partial charge is 0.496 e. The fourth-order valence-corrected chi connectivity index (χ4v) is 3.80. The highest BCUT2D eigenvalue weighted by atomic mass is 16.5. The molecule has 0 spiro atoms. The van der Waals surface area contributed by atoms with Crippen LogP contribution in [0.3, 0.4) is 0 Å². The Kier molecular flexibility index (Phi) is 1.94. The van der Waals surface area contributed by atoms with Gasteiger partial charge in [-0.3, -0.25) is 0 Å². The van der Waals surface area contributed by atoms with E-state index >= 15 is 0 Å². The van der Waals surface area contributed by atoms with Crippen LogP contribution in [0.4, 0.5) is 0 Å². The van der Waals surface area contributed by atoms with Gasteiger partial charge in [-0.2, -0.15) is 0 Å². The molecule has 4 atom stereocenters. The molecule has 0 aliphatic heterocycles. The number of hydrogen-bond acceptors (Lipinski definition) is 2. The zero-order chi connectivity index (χ0) is 12.3. The number of benzene rings is 1. The molecule has 0 N–H and O–H groups in total. The fourth-order valence-electron chi connectivity index (χ4n) is 3.80. The van der Waals surface area contributed by atoms with E-state index in [1.165, 1.54) is 11.1 Å². The van der Waals surface area contributed by atoms with Gasteiger partial charge in [-0.15, -0.1) is 0 Å². The predicted molar refractivity (Wildman–Crippen MR) is 70.3 cm³/mol. The number of allylic oxidation sites excluding steroid dienone is 4. The maximum Gasteiger partial charge on any atom is 0.123 e. The SMILES string of the molecule is COc1ccc(OC)c2c1[C@H]1C=C[C@@H]2[C@H]2C=C[C@@H]21. The Morgan fingerprint density at radius 1 is 0.722 bits per heavy atom. The van der Waals surface area contributed by atoms with Crippen molar-refractivity contribution in [1.82, 2.24) is 0 Å². The molecule has 4 aliphatic rings. The Labute approximate surface area is 107 Å². The summed E-state index contributed by atoms with van der Waals surface area (Å²) in [7, 11) is 3.50. The molecule has 2 heteroatoms. The summed E-state index contributed by atoms with van der Waals surface area (Å²) in [5, 5.41) is 0. The summed E-state index contributed by atoms with van der Waals surface area (Å²) < 4.78 is 11.1. The second kappa shape index (κ2) is 3.41. The van der Waals surface area contributed by atoms with E-state index in [4.69, 9.17) is 9.47 Å². The molecule has 4 aliphatic carbocycles. The standard InChI is InChI=1S/C16H16O2/c1-17-13-7-8-14(18-2)16-12-6-5-11(15(13)16)9-3-4-10(9)12/h3-12H,1-2H3/t9-,10-,11-,12+/m0/s1. The first-order valence-electron chi connectivity index (χ1n) is 6.46. The Balaban J connectivity index is 1.99. The molecule has 1 aromatic rings. The molecule has 0 amide bonds. The first-order chi connectivity index (χ1) is 8.85. The van der Waals surface area contributed by atoms with Crippen LogP contribution in [0.2, 0.25) is 0 Å². The molecular formula is C16H16O2. The third-order valence-corrected chi connectivity index (χ3v) is 4.67. The summed E-state index contributed by atoms with van der Waals surface area (Å²) in [5.74, 6) is 4.25. The minimum Gasteiger partial charge on any atom is -0.496 e. The molecule has 2 bridgehead atoms. The van der Waals surface area contributed by atoms with Crippen molar-refractivity contribution in [2.24, 2.45) is 11.8 Å². The lowest BCUT2D eigenvalue weighted by Crippen LogP contribution is -2.38. The Morgan fingerprint density at radius 2 is 1.17 bits per heavy atom. The van der Waals surface area contributed by atoms with Gasteiger partial charge in [0, 0.05) is 23.0 Å². The fraction of sp³-hybridized carbons (Fsp3) is 0.375. The molecule has 0 unspecified atom stereocenters. The second-order valence-corrected chi connectivity index (χ2v) is 5.27. The van der Waals surface area contributed by atoms with E-state index in [-0.39, 0.29) is 0 Å². The second-order valence-electron chi connectivity index (χ2n) is 5.27. The quantitative estimate of drug-likeness (QED) is 0.739. The number of rotatable bonds is 2. The van der Waals surface area contributed by atoms with Gasteiger partial charge in [-0.25, -0.2) is 0 Å². The van der Waals surface area contributed by atoms with Crippen LogP contribution in [-0.2, 0) is 0 Å². The molecule has 1 aromatic carbocycles. The third-order valence-electron chi connectivity index (χ3n) is 4.67. The smallest absolute Gasteiger partial charge is 0.123 e.